The number of pyridine rings is 1. The van der Waals surface area contributed by atoms with Crippen molar-refractivity contribution in [3.05, 3.63) is 23.7 Å². The number of hydrogen-bond donors (Lipinski definition) is 2. The minimum atomic E-state index is 0.181. The molecule has 2 aliphatic rings. The van der Waals surface area contributed by atoms with Crippen LogP contribution in [0.4, 0.5) is 5.82 Å². The van der Waals surface area contributed by atoms with Gasteiger partial charge in [0.25, 0.3) is 0 Å². The van der Waals surface area contributed by atoms with E-state index in [2.05, 4.69) is 21.7 Å². The van der Waals surface area contributed by atoms with Crippen molar-refractivity contribution in [1.29, 1.82) is 0 Å². The Hall–Kier alpha value is -1.17. The zero-order valence-electron chi connectivity index (χ0n) is 10.6. The lowest BCUT2D eigenvalue weighted by molar-refractivity contribution is -0.104. The van der Waals surface area contributed by atoms with Gasteiger partial charge in [0.05, 0.1) is 12.1 Å². The SMILES string of the molecule is NC1C2CCCOC2C1Nc1nccc2sccc12. The maximum absolute atomic E-state index is 6.28. The normalized spacial score (nSPS) is 33.7. The second kappa shape index (κ2) is 4.44. The lowest BCUT2D eigenvalue weighted by Gasteiger charge is -2.52. The van der Waals surface area contributed by atoms with Crippen molar-refractivity contribution >= 4 is 27.2 Å². The van der Waals surface area contributed by atoms with Crippen LogP contribution in [0, 0.1) is 5.92 Å². The number of anilines is 1. The summed E-state index contributed by atoms with van der Waals surface area (Å²) < 4.78 is 7.11. The highest BCUT2D eigenvalue weighted by Crippen LogP contribution is 2.39. The molecule has 0 bridgehead atoms. The van der Waals surface area contributed by atoms with Crippen LogP contribution in [0.5, 0.6) is 0 Å². The Balaban J connectivity index is 1.60. The number of ether oxygens (including phenoxy) is 1. The molecule has 4 rings (SSSR count). The van der Waals surface area contributed by atoms with Gasteiger partial charge in [-0.1, -0.05) is 0 Å². The smallest absolute Gasteiger partial charge is 0.135 e. The summed E-state index contributed by atoms with van der Waals surface area (Å²) in [5.41, 5.74) is 6.28. The minimum absolute atomic E-state index is 0.181. The Morgan fingerprint density at radius 2 is 2.37 bits per heavy atom. The highest BCUT2D eigenvalue weighted by Gasteiger charge is 2.50. The van der Waals surface area contributed by atoms with Gasteiger partial charge in [-0.05, 0) is 30.4 Å². The maximum Gasteiger partial charge on any atom is 0.135 e. The number of rotatable bonds is 2. The molecule has 0 aromatic carbocycles. The molecule has 3 heterocycles. The molecule has 100 valence electrons. The molecule has 1 aliphatic carbocycles. The van der Waals surface area contributed by atoms with Crippen molar-refractivity contribution in [3.63, 3.8) is 0 Å². The Morgan fingerprint density at radius 3 is 3.32 bits per heavy atom. The number of fused-ring (bicyclic) bond motifs is 2. The lowest BCUT2D eigenvalue weighted by atomic mass is 9.68. The van der Waals surface area contributed by atoms with Gasteiger partial charge in [0.2, 0.25) is 0 Å². The number of nitrogens with two attached hydrogens (primary N) is 1. The monoisotopic (exact) mass is 275 g/mol. The summed E-state index contributed by atoms with van der Waals surface area (Å²) in [6, 6.07) is 4.54. The third-order valence-corrected chi connectivity index (χ3v) is 5.24. The van der Waals surface area contributed by atoms with Crippen LogP contribution in [-0.2, 0) is 4.74 Å². The molecule has 4 atom stereocenters. The van der Waals surface area contributed by atoms with Crippen LogP contribution >= 0.6 is 11.3 Å². The molecule has 1 saturated heterocycles. The Bertz CT molecular complexity index is 599. The van der Waals surface area contributed by atoms with E-state index in [9.17, 15) is 0 Å². The first kappa shape index (κ1) is 11.6. The van der Waals surface area contributed by atoms with E-state index in [0.29, 0.717) is 5.92 Å². The van der Waals surface area contributed by atoms with Crippen molar-refractivity contribution in [2.45, 2.75) is 31.0 Å². The highest BCUT2D eigenvalue weighted by molar-refractivity contribution is 7.17. The molecular weight excluding hydrogens is 258 g/mol. The summed E-state index contributed by atoms with van der Waals surface area (Å²) in [5, 5.41) is 6.78. The fourth-order valence-corrected chi connectivity index (χ4v) is 4.08. The van der Waals surface area contributed by atoms with Gasteiger partial charge in [-0.15, -0.1) is 11.3 Å². The molecule has 2 fully saturated rings. The van der Waals surface area contributed by atoms with Crippen molar-refractivity contribution < 1.29 is 4.74 Å². The van der Waals surface area contributed by atoms with E-state index in [1.807, 2.05) is 12.3 Å². The van der Waals surface area contributed by atoms with Gasteiger partial charge in [-0.2, -0.15) is 0 Å². The maximum atomic E-state index is 6.28. The quantitative estimate of drug-likeness (QED) is 0.882. The summed E-state index contributed by atoms with van der Waals surface area (Å²) in [4.78, 5) is 4.46. The van der Waals surface area contributed by atoms with Gasteiger partial charge in [0, 0.05) is 34.8 Å². The standard InChI is InChI=1S/C14H17N3OS/c15-11-9-2-1-6-18-13(9)12(11)17-14-8-4-7-19-10(8)3-5-16-14/h3-5,7,9,11-13H,1-2,6,15H2,(H,16,17). The molecule has 0 spiro atoms. The third-order valence-electron chi connectivity index (χ3n) is 4.36. The fraction of sp³-hybridized carbons (Fsp3) is 0.500. The zero-order valence-corrected chi connectivity index (χ0v) is 11.4. The third kappa shape index (κ3) is 1.76. The van der Waals surface area contributed by atoms with Crippen LogP contribution in [0.1, 0.15) is 12.8 Å². The molecule has 0 radical (unpaired) electrons. The van der Waals surface area contributed by atoms with Crippen LogP contribution in [0.3, 0.4) is 0 Å². The van der Waals surface area contributed by atoms with E-state index in [-0.39, 0.29) is 18.2 Å². The Morgan fingerprint density at radius 1 is 1.42 bits per heavy atom. The number of nitrogens with zero attached hydrogens (tertiary/aromatic N) is 1. The fourth-order valence-electron chi connectivity index (χ4n) is 3.29. The average Bonchev–Trinajstić information content (AvgIpc) is 2.93. The molecule has 0 amide bonds. The average molecular weight is 275 g/mol. The highest BCUT2D eigenvalue weighted by atomic mass is 32.1. The van der Waals surface area contributed by atoms with Gasteiger partial charge in [-0.25, -0.2) is 4.98 Å². The lowest BCUT2D eigenvalue weighted by Crippen LogP contribution is -2.69. The molecule has 4 unspecified atom stereocenters. The van der Waals surface area contributed by atoms with Crippen LogP contribution < -0.4 is 11.1 Å². The van der Waals surface area contributed by atoms with Crippen LogP contribution in [0.2, 0.25) is 0 Å². The molecule has 2 aromatic heterocycles. The van der Waals surface area contributed by atoms with E-state index in [1.54, 1.807) is 11.3 Å². The number of aromatic nitrogens is 1. The van der Waals surface area contributed by atoms with E-state index in [4.69, 9.17) is 10.5 Å². The van der Waals surface area contributed by atoms with E-state index in [1.165, 1.54) is 16.5 Å². The van der Waals surface area contributed by atoms with Crippen LogP contribution in [-0.4, -0.2) is 29.8 Å². The van der Waals surface area contributed by atoms with Crippen molar-refractivity contribution in [3.8, 4) is 0 Å². The van der Waals surface area contributed by atoms with E-state index >= 15 is 0 Å². The molecule has 4 nitrogen and oxygen atoms in total. The summed E-state index contributed by atoms with van der Waals surface area (Å²) in [6.07, 6.45) is 4.45. The van der Waals surface area contributed by atoms with E-state index < -0.39 is 0 Å². The zero-order chi connectivity index (χ0) is 12.8. The van der Waals surface area contributed by atoms with Gasteiger partial charge in [0.1, 0.15) is 5.82 Å². The van der Waals surface area contributed by atoms with Crippen LogP contribution in [0.25, 0.3) is 10.1 Å². The molecular formula is C14H17N3OS. The minimum Gasteiger partial charge on any atom is -0.376 e. The topological polar surface area (TPSA) is 60.2 Å². The van der Waals surface area contributed by atoms with Gasteiger partial charge in [-0.3, -0.25) is 0 Å². The predicted octanol–water partition coefficient (Wildman–Crippen LogP) is 2.21. The first-order valence-electron chi connectivity index (χ1n) is 6.80. The molecule has 1 saturated carbocycles. The first-order chi connectivity index (χ1) is 9.34. The Labute approximate surface area is 116 Å². The second-order valence-electron chi connectivity index (χ2n) is 5.38. The summed E-state index contributed by atoms with van der Waals surface area (Å²) in [5.74, 6) is 1.46. The number of nitrogens with one attached hydrogen (secondary N) is 1. The predicted molar refractivity (Wildman–Crippen MR) is 77.5 cm³/mol. The summed E-state index contributed by atoms with van der Waals surface area (Å²) >= 11 is 1.74. The van der Waals surface area contributed by atoms with Gasteiger partial charge < -0.3 is 15.8 Å². The number of hydrogen-bond acceptors (Lipinski definition) is 5. The summed E-state index contributed by atoms with van der Waals surface area (Å²) in [6.45, 7) is 0.863. The van der Waals surface area contributed by atoms with Gasteiger partial charge in [0.15, 0.2) is 0 Å². The molecule has 5 heteroatoms. The number of thiophene rings is 1. The molecule has 1 aliphatic heterocycles. The van der Waals surface area contributed by atoms with Crippen molar-refractivity contribution in [2.75, 3.05) is 11.9 Å². The molecule has 19 heavy (non-hydrogen) atoms. The second-order valence-corrected chi connectivity index (χ2v) is 6.33. The van der Waals surface area contributed by atoms with Crippen molar-refractivity contribution in [1.82, 2.24) is 4.98 Å². The van der Waals surface area contributed by atoms with Crippen LogP contribution in [0.15, 0.2) is 23.7 Å². The van der Waals surface area contributed by atoms with E-state index in [0.717, 1.165) is 18.8 Å². The van der Waals surface area contributed by atoms with Gasteiger partial charge >= 0.3 is 0 Å². The molecule has 3 N–H and O–H groups in total. The first-order valence-corrected chi connectivity index (χ1v) is 7.68. The molecule has 2 aromatic rings. The Kier molecular flexibility index (Phi) is 2.72. The largest absolute Gasteiger partial charge is 0.376 e. The summed E-state index contributed by atoms with van der Waals surface area (Å²) in [7, 11) is 0. The van der Waals surface area contributed by atoms with Crippen molar-refractivity contribution in [2.24, 2.45) is 11.7 Å².